The van der Waals surface area contributed by atoms with Crippen LogP contribution < -0.4 is 0 Å². The van der Waals surface area contributed by atoms with Crippen molar-refractivity contribution in [2.45, 2.75) is 13.3 Å². The van der Waals surface area contributed by atoms with Crippen LogP contribution >= 0.6 is 41.8 Å². The summed E-state index contributed by atoms with van der Waals surface area (Å²) in [7, 11) is 7.14. The average Bonchev–Trinajstić information content (AvgIpc) is 2.15. The molecule has 1 unspecified atom stereocenters. The Hall–Kier alpha value is 0.890. The van der Waals surface area contributed by atoms with Gasteiger partial charge in [0.25, 0.3) is 0 Å². The van der Waals surface area contributed by atoms with E-state index in [-0.39, 0.29) is 8.73 Å². The van der Waals surface area contributed by atoms with Crippen LogP contribution in [0.25, 0.3) is 0 Å². The van der Waals surface area contributed by atoms with Crippen LogP contribution in [0.5, 0.6) is 0 Å². The van der Waals surface area contributed by atoms with E-state index in [0.717, 1.165) is 10.7 Å². The Kier molecular flexibility index (Phi) is 2.96. The zero-order valence-corrected chi connectivity index (χ0v) is 8.00. The lowest BCUT2D eigenvalue weighted by molar-refractivity contribution is 1.19. The second kappa shape index (κ2) is 3.33. The fourth-order valence-corrected chi connectivity index (χ4v) is 3.95. The summed E-state index contributed by atoms with van der Waals surface area (Å²) in [4.78, 5) is 0. The van der Waals surface area contributed by atoms with Crippen molar-refractivity contribution in [2.75, 3.05) is 0 Å². The minimum atomic E-state index is -0.269. The molecule has 0 N–H and O–H groups in total. The number of rotatable bonds is 1. The van der Waals surface area contributed by atoms with E-state index in [4.69, 9.17) is 22.3 Å². The van der Waals surface area contributed by atoms with Gasteiger partial charge < -0.3 is 0 Å². The van der Waals surface area contributed by atoms with Crippen molar-refractivity contribution in [1.82, 2.24) is 0 Å². The van der Waals surface area contributed by atoms with Gasteiger partial charge in [-0.25, -0.2) is 0 Å². The van der Waals surface area contributed by atoms with Gasteiger partial charge in [-0.2, -0.15) is 0 Å². The van der Waals surface area contributed by atoms with E-state index < -0.39 is 0 Å². The Morgan fingerprint density at radius 2 is 2.44 bits per heavy atom. The topological polar surface area (TPSA) is 0 Å². The average molecular weight is 201 g/mol. The smallest absolute Gasteiger partial charge is 0.0752 e. The second-order valence-corrected chi connectivity index (χ2v) is 6.53. The molecule has 0 saturated carbocycles. The molecule has 52 valence electrons. The van der Waals surface area contributed by atoms with Crippen molar-refractivity contribution in [3.63, 3.8) is 0 Å². The SMILES string of the molecule is CCC1=CSS(Cl)=C1Cl. The molecule has 0 radical (unpaired) electrons. The maximum absolute atomic E-state index is 5.84. The molecule has 0 saturated heterocycles. The van der Waals surface area contributed by atoms with Gasteiger partial charge in [-0.15, -0.1) is 0 Å². The maximum atomic E-state index is 5.84. The first-order valence-corrected chi connectivity index (χ1v) is 6.37. The molecule has 1 aliphatic rings. The minimum absolute atomic E-state index is 0.269. The summed E-state index contributed by atoms with van der Waals surface area (Å²) in [6.07, 6.45) is 0.988. The van der Waals surface area contributed by atoms with Gasteiger partial charge in [-0.1, -0.05) is 29.3 Å². The monoisotopic (exact) mass is 200 g/mol. The summed E-state index contributed by atoms with van der Waals surface area (Å²) >= 11 is 5.84. The van der Waals surface area contributed by atoms with Crippen LogP contribution in [0.4, 0.5) is 0 Å². The summed E-state index contributed by atoms with van der Waals surface area (Å²) < 4.78 is 0.837. The van der Waals surface area contributed by atoms with Crippen LogP contribution in [-0.2, 0) is 0 Å². The fraction of sp³-hybridized carbons (Fsp3) is 0.400. The predicted molar refractivity (Wildman–Crippen MR) is 50.3 cm³/mol. The number of allylic oxidation sites excluding steroid dienone is 1. The standard InChI is InChI=1S/C5H6Cl2S2/c1-2-4-3-8-9(7)5(4)6/h3H,2H2,1H3. The Bertz CT molecular complexity index is 183. The molecule has 0 nitrogen and oxygen atoms in total. The van der Waals surface area contributed by atoms with Gasteiger partial charge >= 0.3 is 0 Å². The molecular formula is C5H6Cl2S2. The van der Waals surface area contributed by atoms with Crippen LogP contribution in [0.15, 0.2) is 11.0 Å². The van der Waals surface area contributed by atoms with Crippen LogP contribution in [-0.4, -0.2) is 4.32 Å². The maximum Gasteiger partial charge on any atom is 0.0925 e. The normalized spacial score (nSPS) is 26.8. The number of halogens is 2. The number of hydrogen-bond donors (Lipinski definition) is 0. The lowest BCUT2D eigenvalue weighted by Gasteiger charge is -1.92. The van der Waals surface area contributed by atoms with E-state index in [1.165, 1.54) is 5.57 Å². The van der Waals surface area contributed by atoms with Gasteiger partial charge in [-0.3, -0.25) is 0 Å². The number of hydrogen-bond acceptors (Lipinski definition) is 1. The van der Waals surface area contributed by atoms with E-state index in [1.54, 1.807) is 10.8 Å². The van der Waals surface area contributed by atoms with Crippen LogP contribution in [0.1, 0.15) is 13.3 Å². The first-order chi connectivity index (χ1) is 4.25. The van der Waals surface area contributed by atoms with Gasteiger partial charge in [0.1, 0.15) is 0 Å². The van der Waals surface area contributed by atoms with Crippen LogP contribution in [0.3, 0.4) is 0 Å². The lowest BCUT2D eigenvalue weighted by atomic mass is 10.3. The van der Waals surface area contributed by atoms with E-state index in [9.17, 15) is 0 Å². The minimum Gasteiger partial charge on any atom is -0.0752 e. The first-order valence-electron chi connectivity index (χ1n) is 2.55. The molecule has 0 spiro atoms. The highest BCUT2D eigenvalue weighted by molar-refractivity contribution is 8.94. The molecule has 0 aromatic heterocycles. The van der Waals surface area contributed by atoms with E-state index >= 15 is 0 Å². The zero-order valence-electron chi connectivity index (χ0n) is 4.86. The summed E-state index contributed by atoms with van der Waals surface area (Å²) in [6, 6.07) is 0. The van der Waals surface area contributed by atoms with Crippen LogP contribution in [0.2, 0.25) is 0 Å². The molecule has 1 heterocycles. The third-order valence-corrected chi connectivity index (χ3v) is 5.77. The van der Waals surface area contributed by atoms with E-state index in [0.29, 0.717) is 0 Å². The van der Waals surface area contributed by atoms with Crippen molar-refractivity contribution in [3.8, 4) is 0 Å². The quantitative estimate of drug-likeness (QED) is 0.354. The Labute approximate surface area is 70.4 Å². The Balaban J connectivity index is 2.79. The lowest BCUT2D eigenvalue weighted by Crippen LogP contribution is -1.84. The molecule has 1 rings (SSSR count). The largest absolute Gasteiger partial charge is 0.0925 e. The fourth-order valence-electron chi connectivity index (χ4n) is 0.514. The molecule has 1 aliphatic heterocycles. The molecule has 9 heavy (non-hydrogen) atoms. The highest BCUT2D eigenvalue weighted by atomic mass is 35.7. The highest BCUT2D eigenvalue weighted by Crippen LogP contribution is 2.46. The summed E-state index contributed by atoms with van der Waals surface area (Å²) in [5.41, 5.74) is 1.19. The van der Waals surface area contributed by atoms with Gasteiger partial charge in [-0.05, 0) is 36.8 Å². The van der Waals surface area contributed by atoms with Gasteiger partial charge in [0.15, 0.2) is 0 Å². The predicted octanol–water partition coefficient (Wildman–Crippen LogP) is 3.73. The molecule has 0 aromatic rings. The van der Waals surface area contributed by atoms with Gasteiger partial charge in [0.2, 0.25) is 0 Å². The van der Waals surface area contributed by atoms with E-state index in [1.807, 2.05) is 5.41 Å². The van der Waals surface area contributed by atoms with E-state index in [2.05, 4.69) is 6.92 Å². The Morgan fingerprint density at radius 1 is 1.78 bits per heavy atom. The molecule has 0 amide bonds. The molecule has 4 heteroatoms. The molecular weight excluding hydrogens is 195 g/mol. The van der Waals surface area contributed by atoms with Crippen molar-refractivity contribution < 1.29 is 0 Å². The third kappa shape index (κ3) is 1.67. The Morgan fingerprint density at radius 3 is 2.67 bits per heavy atom. The third-order valence-electron chi connectivity index (χ3n) is 1.05. The zero-order chi connectivity index (χ0) is 6.85. The van der Waals surface area contributed by atoms with Crippen molar-refractivity contribution in [1.29, 1.82) is 0 Å². The summed E-state index contributed by atoms with van der Waals surface area (Å²) in [5.74, 6) is 0. The molecule has 0 bridgehead atoms. The van der Waals surface area contributed by atoms with Crippen molar-refractivity contribution >= 4 is 46.1 Å². The van der Waals surface area contributed by atoms with Crippen molar-refractivity contribution in [3.05, 3.63) is 11.0 Å². The molecule has 0 aliphatic carbocycles. The molecule has 1 atom stereocenters. The summed E-state index contributed by atoms with van der Waals surface area (Å²) in [5, 5.41) is 2.04. The first kappa shape index (κ1) is 7.99. The summed E-state index contributed by atoms with van der Waals surface area (Å²) in [6.45, 7) is 2.08. The second-order valence-electron chi connectivity index (χ2n) is 1.59. The molecule has 0 aromatic carbocycles. The highest BCUT2D eigenvalue weighted by Gasteiger charge is 2.11. The van der Waals surface area contributed by atoms with Gasteiger partial charge in [0, 0.05) is 0 Å². The van der Waals surface area contributed by atoms with Gasteiger partial charge in [0.05, 0.1) is 4.32 Å². The molecule has 0 fully saturated rings. The van der Waals surface area contributed by atoms with Crippen molar-refractivity contribution in [2.24, 2.45) is 0 Å². The van der Waals surface area contributed by atoms with Crippen LogP contribution in [0, 0.1) is 0 Å².